The lowest BCUT2D eigenvalue weighted by atomic mass is 10.1. The Hall–Kier alpha value is -0.280. The predicted octanol–water partition coefficient (Wildman–Crippen LogP) is 0.491. The van der Waals surface area contributed by atoms with Crippen LogP contribution in [0.3, 0.4) is 0 Å². The molecule has 0 aliphatic carbocycles. The summed E-state index contributed by atoms with van der Waals surface area (Å²) in [4.78, 5) is 10.3. The summed E-state index contributed by atoms with van der Waals surface area (Å²) < 4.78 is 0. The Kier molecular flexibility index (Phi) is 3.68. The summed E-state index contributed by atoms with van der Waals surface area (Å²) in [5.41, 5.74) is 0. The van der Waals surface area contributed by atoms with E-state index in [1.165, 1.54) is 0 Å². The number of carbonyl (C=O) groups is 1. The standard InChI is InChI=1S/C6H11NO2.ClH/c1-4-2-5(6(8)9)7-3-4;/h4-5,7H,2-3H2,1H3,(H,8,9);1H/t4-,5-;/m1./s1. The van der Waals surface area contributed by atoms with Gasteiger partial charge in [0.2, 0.25) is 0 Å². The maximum Gasteiger partial charge on any atom is 0.320 e. The molecule has 1 heterocycles. The molecule has 1 aliphatic rings. The maximum absolute atomic E-state index is 10.3. The molecule has 10 heavy (non-hydrogen) atoms. The number of hydrogen-bond donors (Lipinski definition) is 2. The van der Waals surface area contributed by atoms with Crippen LogP contribution in [0.5, 0.6) is 0 Å². The molecular formula is C6H12ClNO2. The number of hydrogen-bond acceptors (Lipinski definition) is 2. The first kappa shape index (κ1) is 9.72. The summed E-state index contributed by atoms with van der Waals surface area (Å²) in [5.74, 6) is -0.203. The molecule has 0 bridgehead atoms. The van der Waals surface area contributed by atoms with Crippen molar-refractivity contribution < 1.29 is 9.90 Å². The molecule has 0 radical (unpaired) electrons. The van der Waals surface area contributed by atoms with Crippen molar-refractivity contribution in [3.05, 3.63) is 0 Å². The van der Waals surface area contributed by atoms with Crippen LogP contribution in [0, 0.1) is 5.92 Å². The molecule has 0 amide bonds. The Morgan fingerprint density at radius 3 is 2.50 bits per heavy atom. The van der Waals surface area contributed by atoms with Crippen LogP contribution >= 0.6 is 12.4 Å². The molecule has 1 saturated heterocycles. The number of rotatable bonds is 1. The summed E-state index contributed by atoms with van der Waals surface area (Å²) >= 11 is 0. The fourth-order valence-corrected chi connectivity index (χ4v) is 1.10. The van der Waals surface area contributed by atoms with Gasteiger partial charge in [0.1, 0.15) is 6.04 Å². The van der Waals surface area contributed by atoms with E-state index in [0.717, 1.165) is 13.0 Å². The Bertz CT molecular complexity index is 129. The third-order valence-corrected chi connectivity index (χ3v) is 1.65. The minimum atomic E-state index is -0.723. The van der Waals surface area contributed by atoms with Gasteiger partial charge in [-0.3, -0.25) is 4.79 Å². The van der Waals surface area contributed by atoms with E-state index in [4.69, 9.17) is 5.11 Å². The van der Waals surface area contributed by atoms with Crippen molar-refractivity contribution in [2.45, 2.75) is 19.4 Å². The molecule has 0 aromatic carbocycles. The number of nitrogens with one attached hydrogen (secondary N) is 1. The van der Waals surface area contributed by atoms with E-state index in [0.29, 0.717) is 5.92 Å². The van der Waals surface area contributed by atoms with Gasteiger partial charge in [-0.05, 0) is 18.9 Å². The van der Waals surface area contributed by atoms with Gasteiger partial charge in [0.15, 0.2) is 0 Å². The lowest BCUT2D eigenvalue weighted by molar-refractivity contribution is -0.139. The average molecular weight is 166 g/mol. The molecule has 0 unspecified atom stereocenters. The lowest BCUT2D eigenvalue weighted by Gasteiger charge is -2.00. The Labute approximate surface area is 66.2 Å². The third kappa shape index (κ3) is 2.15. The quantitative estimate of drug-likeness (QED) is 0.595. The Morgan fingerprint density at radius 1 is 1.70 bits per heavy atom. The van der Waals surface area contributed by atoms with E-state index >= 15 is 0 Å². The molecule has 4 heteroatoms. The molecule has 1 aliphatic heterocycles. The van der Waals surface area contributed by atoms with Crippen molar-refractivity contribution in [3.8, 4) is 0 Å². The zero-order chi connectivity index (χ0) is 6.85. The highest BCUT2D eigenvalue weighted by Gasteiger charge is 2.25. The molecule has 2 atom stereocenters. The zero-order valence-corrected chi connectivity index (χ0v) is 6.65. The molecule has 0 spiro atoms. The Balaban J connectivity index is 0.000000810. The van der Waals surface area contributed by atoms with Gasteiger partial charge in [-0.15, -0.1) is 12.4 Å². The first-order chi connectivity index (χ1) is 4.20. The fraction of sp³-hybridized carbons (Fsp3) is 0.833. The van der Waals surface area contributed by atoms with Crippen LogP contribution in [-0.4, -0.2) is 23.7 Å². The molecular weight excluding hydrogens is 154 g/mol. The summed E-state index contributed by atoms with van der Waals surface area (Å²) in [7, 11) is 0. The second-order valence-electron chi connectivity index (χ2n) is 2.64. The van der Waals surface area contributed by atoms with E-state index in [-0.39, 0.29) is 18.4 Å². The van der Waals surface area contributed by atoms with Crippen LogP contribution in [0.25, 0.3) is 0 Å². The van der Waals surface area contributed by atoms with E-state index in [1.807, 2.05) is 0 Å². The van der Waals surface area contributed by atoms with Crippen LogP contribution in [0.1, 0.15) is 13.3 Å². The fourth-order valence-electron chi connectivity index (χ4n) is 1.10. The van der Waals surface area contributed by atoms with Gasteiger partial charge in [0, 0.05) is 0 Å². The SMILES string of the molecule is C[C@H]1CN[C@@H](C(=O)O)C1.Cl. The number of carboxylic acids is 1. The molecule has 1 fully saturated rings. The van der Waals surface area contributed by atoms with Crippen LogP contribution in [0.15, 0.2) is 0 Å². The summed E-state index contributed by atoms with van der Waals surface area (Å²) in [5, 5.41) is 11.4. The summed E-state index contributed by atoms with van der Waals surface area (Å²) in [6.45, 7) is 2.90. The number of carboxylic acid groups (broad SMARTS) is 1. The summed E-state index contributed by atoms with van der Waals surface area (Å²) in [6.07, 6.45) is 0.773. The third-order valence-electron chi connectivity index (χ3n) is 1.65. The molecule has 2 N–H and O–H groups in total. The van der Waals surface area contributed by atoms with Crippen LogP contribution in [-0.2, 0) is 4.79 Å². The van der Waals surface area contributed by atoms with Crippen molar-refractivity contribution in [1.29, 1.82) is 0 Å². The van der Waals surface area contributed by atoms with Crippen molar-refractivity contribution >= 4 is 18.4 Å². The first-order valence-electron chi connectivity index (χ1n) is 3.16. The van der Waals surface area contributed by atoms with Gasteiger partial charge in [-0.2, -0.15) is 0 Å². The molecule has 0 aromatic rings. The predicted molar refractivity (Wildman–Crippen MR) is 40.5 cm³/mol. The minimum Gasteiger partial charge on any atom is -0.480 e. The van der Waals surface area contributed by atoms with E-state index < -0.39 is 5.97 Å². The smallest absolute Gasteiger partial charge is 0.320 e. The molecule has 60 valence electrons. The first-order valence-corrected chi connectivity index (χ1v) is 3.16. The second-order valence-corrected chi connectivity index (χ2v) is 2.64. The van der Waals surface area contributed by atoms with Crippen LogP contribution in [0.2, 0.25) is 0 Å². The average Bonchev–Trinajstić information content (AvgIpc) is 2.14. The maximum atomic E-state index is 10.3. The highest BCUT2D eigenvalue weighted by atomic mass is 35.5. The van der Waals surface area contributed by atoms with Gasteiger partial charge < -0.3 is 10.4 Å². The van der Waals surface area contributed by atoms with E-state index in [2.05, 4.69) is 12.2 Å². The van der Waals surface area contributed by atoms with Crippen molar-refractivity contribution in [2.24, 2.45) is 5.92 Å². The normalized spacial score (nSPS) is 31.3. The molecule has 1 rings (SSSR count). The highest BCUT2D eigenvalue weighted by molar-refractivity contribution is 5.85. The second kappa shape index (κ2) is 3.78. The van der Waals surface area contributed by atoms with Gasteiger partial charge in [-0.25, -0.2) is 0 Å². The zero-order valence-electron chi connectivity index (χ0n) is 5.83. The van der Waals surface area contributed by atoms with E-state index in [9.17, 15) is 4.79 Å². The van der Waals surface area contributed by atoms with Crippen LogP contribution in [0.4, 0.5) is 0 Å². The van der Waals surface area contributed by atoms with Gasteiger partial charge in [0.25, 0.3) is 0 Å². The topological polar surface area (TPSA) is 49.3 Å². The lowest BCUT2D eigenvalue weighted by Crippen LogP contribution is -2.29. The van der Waals surface area contributed by atoms with E-state index in [1.54, 1.807) is 0 Å². The van der Waals surface area contributed by atoms with Crippen LogP contribution < -0.4 is 5.32 Å². The minimum absolute atomic E-state index is 0. The van der Waals surface area contributed by atoms with Crippen molar-refractivity contribution in [2.75, 3.05) is 6.54 Å². The number of aliphatic carboxylic acids is 1. The van der Waals surface area contributed by atoms with Gasteiger partial charge in [0.05, 0.1) is 0 Å². The monoisotopic (exact) mass is 165 g/mol. The molecule has 3 nitrogen and oxygen atoms in total. The largest absolute Gasteiger partial charge is 0.480 e. The van der Waals surface area contributed by atoms with Crippen molar-refractivity contribution in [3.63, 3.8) is 0 Å². The molecule has 0 aromatic heterocycles. The number of halogens is 1. The van der Waals surface area contributed by atoms with Crippen molar-refractivity contribution in [1.82, 2.24) is 5.32 Å². The van der Waals surface area contributed by atoms with Gasteiger partial charge >= 0.3 is 5.97 Å². The van der Waals surface area contributed by atoms with Gasteiger partial charge in [-0.1, -0.05) is 6.92 Å². The Morgan fingerprint density at radius 2 is 2.30 bits per heavy atom. The molecule has 0 saturated carbocycles. The highest BCUT2D eigenvalue weighted by Crippen LogP contribution is 2.11. The summed E-state index contributed by atoms with van der Waals surface area (Å²) in [6, 6.07) is -0.292.